The van der Waals surface area contributed by atoms with Gasteiger partial charge in [-0.25, -0.2) is 0 Å². The summed E-state index contributed by atoms with van der Waals surface area (Å²) in [5.41, 5.74) is 4.77. The van der Waals surface area contributed by atoms with E-state index in [1.54, 1.807) is 12.1 Å². The van der Waals surface area contributed by atoms with Gasteiger partial charge in [-0.2, -0.15) is 0 Å². The van der Waals surface area contributed by atoms with Crippen LogP contribution in [0, 0.1) is 0 Å². The van der Waals surface area contributed by atoms with E-state index < -0.39 is 17.9 Å². The van der Waals surface area contributed by atoms with Gasteiger partial charge in [-0.3, -0.25) is 9.59 Å². The van der Waals surface area contributed by atoms with Crippen molar-refractivity contribution in [2.45, 2.75) is 6.10 Å². The molecule has 100 valence electrons. The number of hydrogen-bond donors (Lipinski definition) is 3. The first-order valence-corrected chi connectivity index (χ1v) is 6.35. The molecule has 1 unspecified atom stereocenters. The number of primary amides is 1. The molecule has 0 aliphatic carbocycles. The molecule has 6 nitrogen and oxygen atoms in total. The van der Waals surface area contributed by atoms with Crippen molar-refractivity contribution in [1.82, 2.24) is 5.32 Å². The maximum atomic E-state index is 10.9. The Balaban J connectivity index is 1.98. The van der Waals surface area contributed by atoms with Gasteiger partial charge in [0.15, 0.2) is 0 Å². The number of amides is 2. The second kappa shape index (κ2) is 5.68. The SMILES string of the molecule is NC(=O)C(=O)NCC(O)c1ccc(-c2cccs2)o1. The van der Waals surface area contributed by atoms with Crippen molar-refractivity contribution in [2.24, 2.45) is 5.73 Å². The Bertz CT molecular complexity index is 576. The molecule has 19 heavy (non-hydrogen) atoms. The smallest absolute Gasteiger partial charge is 0.309 e. The lowest BCUT2D eigenvalue weighted by molar-refractivity contribution is -0.137. The van der Waals surface area contributed by atoms with Crippen LogP contribution in [0.15, 0.2) is 34.1 Å². The molecule has 2 amide bonds. The summed E-state index contributed by atoms with van der Waals surface area (Å²) in [6.45, 7) is -0.140. The number of nitrogens with two attached hydrogens (primary N) is 1. The summed E-state index contributed by atoms with van der Waals surface area (Å²) in [5, 5.41) is 13.9. The first-order chi connectivity index (χ1) is 9.08. The predicted octanol–water partition coefficient (Wildman–Crippen LogP) is 0.643. The van der Waals surface area contributed by atoms with Crippen molar-refractivity contribution < 1.29 is 19.1 Å². The summed E-state index contributed by atoms with van der Waals surface area (Å²) in [6.07, 6.45) is -1.03. The lowest BCUT2D eigenvalue weighted by atomic mass is 10.2. The van der Waals surface area contributed by atoms with E-state index >= 15 is 0 Å². The van der Waals surface area contributed by atoms with Crippen molar-refractivity contribution in [3.05, 3.63) is 35.4 Å². The zero-order chi connectivity index (χ0) is 13.8. The van der Waals surface area contributed by atoms with Crippen molar-refractivity contribution >= 4 is 23.2 Å². The number of rotatable bonds is 4. The molecule has 2 aromatic heterocycles. The van der Waals surface area contributed by atoms with Gasteiger partial charge >= 0.3 is 11.8 Å². The first-order valence-electron chi connectivity index (χ1n) is 5.47. The van der Waals surface area contributed by atoms with Crippen molar-refractivity contribution in [3.8, 4) is 10.6 Å². The van der Waals surface area contributed by atoms with Crippen molar-refractivity contribution in [1.29, 1.82) is 0 Å². The van der Waals surface area contributed by atoms with Gasteiger partial charge in [-0.1, -0.05) is 6.07 Å². The summed E-state index contributed by atoms with van der Waals surface area (Å²) >= 11 is 1.52. The Kier molecular flexibility index (Phi) is 3.98. The van der Waals surface area contributed by atoms with Gasteiger partial charge in [-0.15, -0.1) is 11.3 Å². The van der Waals surface area contributed by atoms with Crippen LogP contribution in [0.2, 0.25) is 0 Å². The van der Waals surface area contributed by atoms with Gasteiger partial charge in [0.25, 0.3) is 0 Å². The van der Waals surface area contributed by atoms with E-state index in [0.29, 0.717) is 11.5 Å². The highest BCUT2D eigenvalue weighted by Gasteiger charge is 2.16. The summed E-state index contributed by atoms with van der Waals surface area (Å²) in [7, 11) is 0. The Morgan fingerprint density at radius 2 is 2.21 bits per heavy atom. The number of hydrogen-bond acceptors (Lipinski definition) is 5. The van der Waals surface area contributed by atoms with Crippen LogP contribution in [-0.4, -0.2) is 23.5 Å². The average Bonchev–Trinajstić information content (AvgIpc) is 3.04. The fourth-order valence-corrected chi connectivity index (χ4v) is 2.15. The summed E-state index contributed by atoms with van der Waals surface area (Å²) in [5.74, 6) is -1.08. The van der Waals surface area contributed by atoms with E-state index in [9.17, 15) is 14.7 Å². The Morgan fingerprint density at radius 3 is 2.84 bits per heavy atom. The number of aliphatic hydroxyl groups is 1. The second-order valence-electron chi connectivity index (χ2n) is 3.77. The van der Waals surface area contributed by atoms with Gasteiger partial charge in [0.2, 0.25) is 0 Å². The van der Waals surface area contributed by atoms with Gasteiger partial charge in [-0.05, 0) is 23.6 Å². The van der Waals surface area contributed by atoms with Crippen LogP contribution in [-0.2, 0) is 9.59 Å². The molecule has 7 heteroatoms. The van der Waals surface area contributed by atoms with Gasteiger partial charge in [0, 0.05) is 0 Å². The Labute approximate surface area is 112 Å². The molecule has 0 spiro atoms. The fourth-order valence-electron chi connectivity index (χ4n) is 1.46. The standard InChI is InChI=1S/C12H12N2O4S/c13-11(16)12(17)14-6-7(15)8-3-4-9(18-8)10-2-1-5-19-10/h1-5,7,15H,6H2,(H2,13,16)(H,14,17). The Morgan fingerprint density at radius 1 is 1.42 bits per heavy atom. The van der Waals surface area contributed by atoms with Crippen LogP contribution in [0.4, 0.5) is 0 Å². The molecular formula is C12H12N2O4S. The van der Waals surface area contributed by atoms with E-state index in [2.05, 4.69) is 5.32 Å². The number of carbonyl (C=O) groups excluding carboxylic acids is 2. The molecule has 0 aliphatic heterocycles. The maximum absolute atomic E-state index is 10.9. The predicted molar refractivity (Wildman–Crippen MR) is 69.2 cm³/mol. The lowest BCUT2D eigenvalue weighted by Crippen LogP contribution is -2.38. The molecule has 0 aliphatic rings. The van der Waals surface area contributed by atoms with Gasteiger partial charge < -0.3 is 20.6 Å². The topological polar surface area (TPSA) is 106 Å². The molecule has 0 aromatic carbocycles. The third-order valence-electron chi connectivity index (χ3n) is 2.40. The zero-order valence-corrected chi connectivity index (χ0v) is 10.6. The highest BCUT2D eigenvalue weighted by atomic mass is 32.1. The number of aliphatic hydroxyl groups excluding tert-OH is 1. The van der Waals surface area contributed by atoms with E-state index in [1.807, 2.05) is 17.5 Å². The second-order valence-corrected chi connectivity index (χ2v) is 4.72. The quantitative estimate of drug-likeness (QED) is 0.715. The number of furan rings is 1. The van der Waals surface area contributed by atoms with Crippen LogP contribution in [0.1, 0.15) is 11.9 Å². The van der Waals surface area contributed by atoms with Gasteiger partial charge in [0.05, 0.1) is 11.4 Å². The molecule has 0 fully saturated rings. The largest absolute Gasteiger partial charge is 0.457 e. The fraction of sp³-hybridized carbons (Fsp3) is 0.167. The minimum Gasteiger partial charge on any atom is -0.457 e. The minimum absolute atomic E-state index is 0.140. The molecule has 0 saturated carbocycles. The molecule has 1 atom stereocenters. The average molecular weight is 280 g/mol. The number of nitrogens with one attached hydrogen (secondary N) is 1. The number of carbonyl (C=O) groups is 2. The van der Waals surface area contributed by atoms with E-state index in [1.165, 1.54) is 11.3 Å². The number of thiophene rings is 1. The molecule has 0 bridgehead atoms. The van der Waals surface area contributed by atoms with Crippen LogP contribution >= 0.6 is 11.3 Å². The molecule has 2 aromatic rings. The van der Waals surface area contributed by atoms with E-state index in [0.717, 1.165) is 4.88 Å². The molecule has 4 N–H and O–H groups in total. The molecule has 2 rings (SSSR count). The zero-order valence-electron chi connectivity index (χ0n) is 9.83. The summed E-state index contributed by atoms with van der Waals surface area (Å²) < 4.78 is 5.48. The first kappa shape index (κ1) is 13.3. The molecular weight excluding hydrogens is 268 g/mol. The van der Waals surface area contributed by atoms with Gasteiger partial charge in [0.1, 0.15) is 17.6 Å². The van der Waals surface area contributed by atoms with Crippen LogP contribution < -0.4 is 11.1 Å². The monoisotopic (exact) mass is 280 g/mol. The van der Waals surface area contributed by atoms with Crippen LogP contribution in [0.5, 0.6) is 0 Å². The third-order valence-corrected chi connectivity index (χ3v) is 3.28. The highest BCUT2D eigenvalue weighted by Crippen LogP contribution is 2.28. The summed E-state index contributed by atoms with van der Waals surface area (Å²) in [4.78, 5) is 22.4. The maximum Gasteiger partial charge on any atom is 0.309 e. The Hall–Kier alpha value is -2.12. The van der Waals surface area contributed by atoms with Crippen molar-refractivity contribution in [3.63, 3.8) is 0 Å². The minimum atomic E-state index is -1.09. The van der Waals surface area contributed by atoms with Crippen LogP contribution in [0.3, 0.4) is 0 Å². The molecule has 0 saturated heterocycles. The van der Waals surface area contributed by atoms with E-state index in [-0.39, 0.29) is 6.54 Å². The van der Waals surface area contributed by atoms with E-state index in [4.69, 9.17) is 10.2 Å². The lowest BCUT2D eigenvalue weighted by Gasteiger charge is -2.07. The third kappa shape index (κ3) is 3.21. The molecule has 2 heterocycles. The molecule has 0 radical (unpaired) electrons. The normalized spacial score (nSPS) is 12.1. The highest BCUT2D eigenvalue weighted by molar-refractivity contribution is 7.13. The van der Waals surface area contributed by atoms with Crippen LogP contribution in [0.25, 0.3) is 10.6 Å². The van der Waals surface area contributed by atoms with Crippen molar-refractivity contribution in [2.75, 3.05) is 6.54 Å². The summed E-state index contributed by atoms with van der Waals surface area (Å²) in [6, 6.07) is 7.15.